The first-order chi connectivity index (χ1) is 16.5. The number of nitrogens with zero attached hydrogens (tertiary/aromatic N) is 1. The molecule has 1 heterocycles. The van der Waals surface area contributed by atoms with Gasteiger partial charge >= 0.3 is 12.1 Å². The normalized spacial score (nSPS) is 16.4. The summed E-state index contributed by atoms with van der Waals surface area (Å²) >= 11 is 5.87. The smallest absolute Gasteiger partial charge is 0.409 e. The summed E-state index contributed by atoms with van der Waals surface area (Å²) in [6, 6.07) is 7.93. The molecule has 0 aromatic heterocycles. The second-order valence-corrected chi connectivity index (χ2v) is 10.9. The van der Waals surface area contributed by atoms with Crippen LogP contribution in [0.4, 0.5) is 13.6 Å². The zero-order valence-electron chi connectivity index (χ0n) is 19.2. The molecule has 3 rings (SSSR count). The van der Waals surface area contributed by atoms with Crippen LogP contribution < -0.4 is 0 Å². The summed E-state index contributed by atoms with van der Waals surface area (Å²) in [5, 5.41) is -1.22. The second kappa shape index (κ2) is 11.3. The summed E-state index contributed by atoms with van der Waals surface area (Å²) in [6.07, 6.45) is 0.154. The van der Waals surface area contributed by atoms with E-state index in [4.69, 9.17) is 21.1 Å². The molecule has 0 radical (unpaired) electrons. The molecule has 1 aliphatic rings. The number of rotatable bonds is 7. The van der Waals surface area contributed by atoms with Gasteiger partial charge in [-0.2, -0.15) is 0 Å². The lowest BCUT2D eigenvalue weighted by Crippen LogP contribution is -2.41. The Kier molecular flexibility index (Phi) is 8.71. The third-order valence-corrected chi connectivity index (χ3v) is 8.58. The first-order valence-corrected chi connectivity index (χ1v) is 12.9. The van der Waals surface area contributed by atoms with E-state index in [1.165, 1.54) is 43.2 Å². The number of esters is 1. The van der Waals surface area contributed by atoms with Gasteiger partial charge in [-0.1, -0.05) is 18.5 Å². The SMILES string of the molecule is COC(=O)C1CCN(C(=O)OC[C@@H](C)[C@@H](c2cc(F)ccc2F)S(=O)(=O)c2ccc(Cl)cc2)CC1. The fourth-order valence-corrected chi connectivity index (χ4v) is 6.27. The van der Waals surface area contributed by atoms with Gasteiger partial charge in [-0.25, -0.2) is 22.0 Å². The average molecular weight is 530 g/mol. The minimum atomic E-state index is -4.22. The molecule has 35 heavy (non-hydrogen) atoms. The average Bonchev–Trinajstić information content (AvgIpc) is 2.84. The van der Waals surface area contributed by atoms with Crippen LogP contribution in [-0.4, -0.2) is 52.2 Å². The zero-order valence-corrected chi connectivity index (χ0v) is 20.8. The molecule has 0 saturated carbocycles. The number of hydrogen-bond acceptors (Lipinski definition) is 6. The van der Waals surface area contributed by atoms with Gasteiger partial charge in [-0.05, 0) is 55.3 Å². The van der Waals surface area contributed by atoms with Gasteiger partial charge < -0.3 is 14.4 Å². The summed E-state index contributed by atoms with van der Waals surface area (Å²) < 4.78 is 65.8. The van der Waals surface area contributed by atoms with Crippen LogP contribution in [0.1, 0.15) is 30.6 Å². The van der Waals surface area contributed by atoms with E-state index in [1.54, 1.807) is 0 Å². The van der Waals surface area contributed by atoms with Crippen LogP contribution in [-0.2, 0) is 24.1 Å². The van der Waals surface area contributed by atoms with Crippen molar-refractivity contribution < 1.29 is 36.3 Å². The third-order valence-electron chi connectivity index (χ3n) is 6.02. The van der Waals surface area contributed by atoms with Gasteiger partial charge in [0.2, 0.25) is 0 Å². The van der Waals surface area contributed by atoms with E-state index in [0.717, 1.165) is 18.2 Å². The van der Waals surface area contributed by atoms with Crippen LogP contribution in [0.15, 0.2) is 47.4 Å². The van der Waals surface area contributed by atoms with Crippen LogP contribution in [0.3, 0.4) is 0 Å². The van der Waals surface area contributed by atoms with E-state index >= 15 is 0 Å². The van der Waals surface area contributed by atoms with Crippen molar-refractivity contribution in [2.75, 3.05) is 26.8 Å². The van der Waals surface area contributed by atoms with Crippen LogP contribution in [0.2, 0.25) is 5.02 Å². The molecular formula is C24H26ClF2NO6S. The van der Waals surface area contributed by atoms with Gasteiger partial charge in [-0.15, -0.1) is 0 Å². The monoisotopic (exact) mass is 529 g/mol. The summed E-state index contributed by atoms with van der Waals surface area (Å²) in [6.45, 7) is 1.68. The highest BCUT2D eigenvalue weighted by molar-refractivity contribution is 7.91. The number of likely N-dealkylation sites (tertiary alicyclic amines) is 1. The topological polar surface area (TPSA) is 90.0 Å². The molecule has 0 N–H and O–H groups in total. The molecule has 1 fully saturated rings. The Morgan fingerprint density at radius 2 is 1.74 bits per heavy atom. The molecule has 0 bridgehead atoms. The highest BCUT2D eigenvalue weighted by atomic mass is 35.5. The van der Waals surface area contributed by atoms with Gasteiger partial charge in [0.25, 0.3) is 0 Å². The minimum Gasteiger partial charge on any atom is -0.469 e. The van der Waals surface area contributed by atoms with Gasteiger partial charge in [0, 0.05) is 29.6 Å². The molecule has 11 heteroatoms. The molecule has 0 unspecified atom stereocenters. The van der Waals surface area contributed by atoms with Crippen molar-refractivity contribution in [2.45, 2.75) is 29.9 Å². The maximum absolute atomic E-state index is 14.7. The van der Waals surface area contributed by atoms with E-state index in [2.05, 4.69) is 0 Å². The highest BCUT2D eigenvalue weighted by Gasteiger charge is 2.37. The summed E-state index contributed by atoms with van der Waals surface area (Å²) in [5.74, 6) is -3.25. The number of carbonyl (C=O) groups is 2. The van der Waals surface area contributed by atoms with Gasteiger partial charge in [0.05, 0.1) is 29.8 Å². The molecule has 190 valence electrons. The van der Waals surface area contributed by atoms with Crippen LogP contribution in [0.5, 0.6) is 0 Å². The Labute approximate surface area is 207 Å². The van der Waals surface area contributed by atoms with Crippen LogP contribution in [0.25, 0.3) is 0 Å². The summed E-state index contributed by atoms with van der Waals surface area (Å²) in [4.78, 5) is 25.5. The van der Waals surface area contributed by atoms with Gasteiger partial charge in [0.1, 0.15) is 11.6 Å². The standard InChI is InChI=1S/C24H26ClF2NO6S/c1-15(14-34-24(30)28-11-9-16(10-12-28)23(29)33-2)22(20-13-18(26)5-8-21(20)27)35(31,32)19-6-3-17(25)4-7-19/h3-8,13,15-16,22H,9-12,14H2,1-2H3/t15-,22+/m1/s1. The van der Waals surface area contributed by atoms with Crippen molar-refractivity contribution in [2.24, 2.45) is 11.8 Å². The predicted octanol–water partition coefficient (Wildman–Crippen LogP) is 4.79. The molecule has 1 saturated heterocycles. The number of carbonyl (C=O) groups excluding carboxylic acids is 2. The molecule has 7 nitrogen and oxygen atoms in total. The van der Waals surface area contributed by atoms with Crippen molar-refractivity contribution in [3.8, 4) is 0 Å². The van der Waals surface area contributed by atoms with Crippen molar-refractivity contribution in [1.82, 2.24) is 4.90 Å². The van der Waals surface area contributed by atoms with Crippen molar-refractivity contribution in [1.29, 1.82) is 0 Å². The number of ether oxygens (including phenoxy) is 2. The Morgan fingerprint density at radius 1 is 1.11 bits per heavy atom. The summed E-state index contributed by atoms with van der Waals surface area (Å²) in [5.41, 5.74) is -0.359. The van der Waals surface area contributed by atoms with Gasteiger partial charge in [-0.3, -0.25) is 4.79 Å². The quantitative estimate of drug-likeness (QED) is 0.479. The predicted molar refractivity (Wildman–Crippen MR) is 125 cm³/mol. The minimum absolute atomic E-state index is 0.126. The second-order valence-electron chi connectivity index (χ2n) is 8.42. The Hall–Kier alpha value is -2.72. The fraction of sp³-hybridized carbons (Fsp3) is 0.417. The Balaban J connectivity index is 1.79. The van der Waals surface area contributed by atoms with E-state index in [-0.39, 0.29) is 42.0 Å². The zero-order chi connectivity index (χ0) is 25.8. The van der Waals surface area contributed by atoms with Crippen molar-refractivity contribution >= 4 is 33.5 Å². The van der Waals surface area contributed by atoms with Crippen LogP contribution >= 0.6 is 11.6 Å². The molecule has 2 aromatic rings. The number of sulfone groups is 1. The number of halogens is 3. The van der Waals surface area contributed by atoms with Crippen LogP contribution in [0, 0.1) is 23.5 Å². The number of benzene rings is 2. The summed E-state index contributed by atoms with van der Waals surface area (Å²) in [7, 11) is -2.92. The molecule has 0 spiro atoms. The van der Waals surface area contributed by atoms with E-state index < -0.39 is 38.7 Å². The molecular weight excluding hydrogens is 504 g/mol. The molecule has 1 aliphatic heterocycles. The Bertz CT molecular complexity index is 1170. The highest BCUT2D eigenvalue weighted by Crippen LogP contribution is 2.37. The molecule has 2 atom stereocenters. The number of hydrogen-bond donors (Lipinski definition) is 0. The number of amides is 1. The Morgan fingerprint density at radius 3 is 2.34 bits per heavy atom. The lowest BCUT2D eigenvalue weighted by Gasteiger charge is -2.31. The largest absolute Gasteiger partial charge is 0.469 e. The molecule has 2 aromatic carbocycles. The molecule has 1 amide bonds. The third kappa shape index (κ3) is 6.29. The molecule has 0 aliphatic carbocycles. The number of methoxy groups -OCH3 is 1. The number of piperidine rings is 1. The maximum atomic E-state index is 14.7. The van der Waals surface area contributed by atoms with Crippen molar-refractivity contribution in [3.63, 3.8) is 0 Å². The van der Waals surface area contributed by atoms with Gasteiger partial charge in [0.15, 0.2) is 9.84 Å². The first kappa shape index (κ1) is 26.9. The van der Waals surface area contributed by atoms with Crippen molar-refractivity contribution in [3.05, 3.63) is 64.7 Å². The maximum Gasteiger partial charge on any atom is 0.409 e. The van der Waals surface area contributed by atoms with E-state index in [0.29, 0.717) is 17.9 Å². The lowest BCUT2D eigenvalue weighted by molar-refractivity contribution is -0.146. The van der Waals surface area contributed by atoms with E-state index in [9.17, 15) is 26.8 Å². The first-order valence-electron chi connectivity index (χ1n) is 11.0. The lowest BCUT2D eigenvalue weighted by atomic mass is 9.97. The fourth-order valence-electron chi connectivity index (χ4n) is 4.13. The van der Waals surface area contributed by atoms with E-state index in [1.807, 2.05) is 0 Å².